The van der Waals surface area contributed by atoms with Crippen LogP contribution in [0.5, 0.6) is 0 Å². The first kappa shape index (κ1) is 11.1. The molecule has 0 fully saturated rings. The SMILES string of the molecule is [2H]c1nc(N)c2nc([2H])n(C([2H])([2H])C(C)OC([2H])([2H])P(=O)(OCC)OCC)c2n1. The molecular weight excluding hydrogens is 321 g/mol. The van der Waals surface area contributed by atoms with E-state index in [-0.39, 0.29) is 30.2 Å². The zero-order chi connectivity index (χ0) is 22.2. The van der Waals surface area contributed by atoms with E-state index in [1.165, 1.54) is 20.8 Å². The molecule has 2 heterocycles. The average Bonchev–Trinajstić information content (AvgIpc) is 2.91. The topological polar surface area (TPSA) is 114 Å². The van der Waals surface area contributed by atoms with Crippen molar-refractivity contribution in [3.63, 3.8) is 0 Å². The molecular formula is C13H22N5O4P. The van der Waals surface area contributed by atoms with Gasteiger partial charge in [0.05, 0.1) is 37.6 Å². The van der Waals surface area contributed by atoms with Gasteiger partial charge in [0.1, 0.15) is 20.9 Å². The van der Waals surface area contributed by atoms with Gasteiger partial charge in [-0.3, -0.25) is 4.57 Å². The van der Waals surface area contributed by atoms with Gasteiger partial charge in [-0.05, 0) is 20.8 Å². The van der Waals surface area contributed by atoms with Crippen LogP contribution in [0.1, 0.15) is 29.0 Å². The lowest BCUT2D eigenvalue weighted by atomic mass is 10.4. The van der Waals surface area contributed by atoms with Crippen LogP contribution in [0.4, 0.5) is 5.82 Å². The predicted octanol–water partition coefficient (Wildman–Crippen LogP) is 2.04. The van der Waals surface area contributed by atoms with E-state index >= 15 is 0 Å². The molecule has 0 aliphatic carbocycles. The maximum absolute atomic E-state index is 12.8. The number of aromatic nitrogens is 4. The van der Waals surface area contributed by atoms with Crippen molar-refractivity contribution in [2.45, 2.75) is 33.4 Å². The van der Waals surface area contributed by atoms with Gasteiger partial charge >= 0.3 is 7.60 Å². The Labute approximate surface area is 143 Å². The van der Waals surface area contributed by atoms with E-state index in [1.54, 1.807) is 0 Å². The Kier molecular flexibility index (Phi) is 3.78. The molecule has 0 amide bonds. The highest BCUT2D eigenvalue weighted by Crippen LogP contribution is 2.48. The van der Waals surface area contributed by atoms with Gasteiger partial charge in [-0.1, -0.05) is 0 Å². The highest BCUT2D eigenvalue weighted by atomic mass is 31.2. The highest BCUT2D eigenvalue weighted by molar-refractivity contribution is 7.53. The highest BCUT2D eigenvalue weighted by Gasteiger charge is 2.25. The fourth-order valence-corrected chi connectivity index (χ4v) is 2.78. The van der Waals surface area contributed by atoms with Gasteiger partial charge in [0.2, 0.25) is 0 Å². The van der Waals surface area contributed by atoms with Crippen LogP contribution >= 0.6 is 7.60 Å². The van der Waals surface area contributed by atoms with Crippen LogP contribution in [0.2, 0.25) is 0 Å². The van der Waals surface area contributed by atoms with Gasteiger partial charge in [0.25, 0.3) is 0 Å². The van der Waals surface area contributed by atoms with E-state index in [2.05, 4.69) is 15.0 Å². The number of imidazole rings is 1. The van der Waals surface area contributed by atoms with Crippen LogP contribution in [0, 0.1) is 0 Å². The smallest absolute Gasteiger partial charge is 0.356 e. The van der Waals surface area contributed by atoms with Crippen LogP contribution < -0.4 is 5.73 Å². The Morgan fingerprint density at radius 1 is 1.39 bits per heavy atom. The fraction of sp³-hybridized carbons (Fsp3) is 0.615. The number of nitrogen functional groups attached to an aromatic ring is 1. The van der Waals surface area contributed by atoms with Crippen molar-refractivity contribution in [3.8, 4) is 0 Å². The van der Waals surface area contributed by atoms with Gasteiger partial charge in [-0.2, -0.15) is 0 Å². The Morgan fingerprint density at radius 2 is 2.09 bits per heavy atom. The number of anilines is 1. The summed E-state index contributed by atoms with van der Waals surface area (Å²) in [4.78, 5) is 11.2. The first-order chi connectivity index (χ1) is 13.3. The van der Waals surface area contributed by atoms with Crippen LogP contribution in [0.15, 0.2) is 12.6 Å². The second-order valence-electron chi connectivity index (χ2n) is 4.24. The molecule has 2 aromatic heterocycles. The molecule has 2 rings (SSSR count). The maximum atomic E-state index is 12.8. The summed E-state index contributed by atoms with van der Waals surface area (Å²) in [5.74, 6) is -0.204. The molecule has 2 N–H and O–H groups in total. The molecule has 0 aliphatic rings. The molecule has 10 heteroatoms. The zero-order valence-electron chi connectivity index (χ0n) is 18.9. The first-order valence-corrected chi connectivity index (χ1v) is 8.41. The summed E-state index contributed by atoms with van der Waals surface area (Å²) in [6.07, 6.45) is -5.70. The van der Waals surface area contributed by atoms with E-state index in [4.69, 9.17) is 27.7 Å². The third-order valence-electron chi connectivity index (χ3n) is 2.50. The van der Waals surface area contributed by atoms with Crippen molar-refractivity contribution in [3.05, 3.63) is 12.6 Å². The lowest BCUT2D eigenvalue weighted by Gasteiger charge is -2.20. The summed E-state index contributed by atoms with van der Waals surface area (Å²) in [5, 5.41) is 0. The average molecular weight is 349 g/mol. The molecule has 0 radical (unpaired) electrons. The van der Waals surface area contributed by atoms with E-state index in [9.17, 15) is 4.57 Å². The van der Waals surface area contributed by atoms with Crippen molar-refractivity contribution in [1.82, 2.24) is 19.5 Å². The lowest BCUT2D eigenvalue weighted by Crippen LogP contribution is -2.18. The minimum absolute atomic E-state index is 0.0839. The van der Waals surface area contributed by atoms with Gasteiger partial charge in [0, 0.05) is 0 Å². The van der Waals surface area contributed by atoms with Crippen molar-refractivity contribution in [2.24, 2.45) is 0 Å². The predicted molar refractivity (Wildman–Crippen MR) is 86.0 cm³/mol. The minimum Gasteiger partial charge on any atom is -0.382 e. The molecule has 0 saturated carbocycles. The molecule has 0 aromatic carbocycles. The number of hydrogen-bond donors (Lipinski definition) is 1. The van der Waals surface area contributed by atoms with Crippen LogP contribution in [0.3, 0.4) is 0 Å². The van der Waals surface area contributed by atoms with Gasteiger partial charge in [-0.25, -0.2) is 15.0 Å². The van der Waals surface area contributed by atoms with E-state index in [0.29, 0.717) is 4.57 Å². The molecule has 1 unspecified atom stereocenters. The van der Waals surface area contributed by atoms with Crippen molar-refractivity contribution >= 4 is 24.6 Å². The van der Waals surface area contributed by atoms with E-state index < -0.39 is 39.1 Å². The normalized spacial score (nSPS) is 18.6. The van der Waals surface area contributed by atoms with E-state index in [0.717, 1.165) is 0 Å². The fourth-order valence-electron chi connectivity index (χ4n) is 1.63. The lowest BCUT2D eigenvalue weighted by molar-refractivity contribution is 0.0672. The molecule has 0 saturated heterocycles. The summed E-state index contributed by atoms with van der Waals surface area (Å²) in [6, 6.07) is 0. The molecule has 0 aliphatic heterocycles. The quantitative estimate of drug-likeness (QED) is 0.684. The second kappa shape index (κ2) is 7.83. The number of nitrogens with two attached hydrogens (primary N) is 1. The molecule has 0 bridgehead atoms. The van der Waals surface area contributed by atoms with Crippen LogP contribution in [0.25, 0.3) is 11.2 Å². The summed E-state index contributed by atoms with van der Waals surface area (Å²) in [7, 11) is -4.40. The Hall–Kier alpha value is -1.54. The van der Waals surface area contributed by atoms with Gasteiger partial charge in [0.15, 0.2) is 11.5 Å². The summed E-state index contributed by atoms with van der Waals surface area (Å²) in [5.41, 5.74) is 5.36. The molecule has 2 aromatic rings. The maximum Gasteiger partial charge on any atom is 0.356 e. The number of rotatable bonds is 9. The van der Waals surface area contributed by atoms with Crippen molar-refractivity contribution in [1.29, 1.82) is 0 Å². The Balaban J connectivity index is 2.47. The Morgan fingerprint density at radius 3 is 2.74 bits per heavy atom. The molecule has 9 nitrogen and oxygen atoms in total. The molecule has 128 valence electrons. The largest absolute Gasteiger partial charge is 0.382 e. The Bertz CT molecular complexity index is 932. The third-order valence-corrected chi connectivity index (χ3v) is 4.03. The number of fused-ring (bicyclic) bond motifs is 1. The van der Waals surface area contributed by atoms with E-state index in [1.807, 2.05) is 0 Å². The van der Waals surface area contributed by atoms with Crippen LogP contribution in [-0.2, 0) is 24.8 Å². The molecule has 23 heavy (non-hydrogen) atoms. The first-order valence-electron chi connectivity index (χ1n) is 9.87. The number of nitrogens with zero attached hydrogens (tertiary/aromatic N) is 4. The molecule has 1 atom stereocenters. The summed E-state index contributed by atoms with van der Waals surface area (Å²) >= 11 is 0. The monoisotopic (exact) mass is 349 g/mol. The zero-order valence-corrected chi connectivity index (χ0v) is 13.8. The van der Waals surface area contributed by atoms with Crippen molar-refractivity contribution < 1.29 is 26.6 Å². The van der Waals surface area contributed by atoms with Gasteiger partial charge < -0.3 is 24.1 Å². The second-order valence-corrected chi connectivity index (χ2v) is 5.94. The van der Waals surface area contributed by atoms with Crippen molar-refractivity contribution in [2.75, 3.05) is 25.2 Å². The molecule has 0 spiro atoms. The number of ether oxygens (including phenoxy) is 1. The summed E-state index contributed by atoms with van der Waals surface area (Å²) in [6.45, 7) is 1.33. The number of hydrogen-bond acceptors (Lipinski definition) is 8. The van der Waals surface area contributed by atoms with Crippen LogP contribution in [-0.4, -0.2) is 45.1 Å². The minimum atomic E-state index is -4.40. The van der Waals surface area contributed by atoms with Gasteiger partial charge in [-0.15, -0.1) is 0 Å². The standard InChI is InChI=1S/C13H22N5O4P/c1-4-21-23(19,22-5-2)9-20-10(3)6-18-8-17-11-12(14)15-7-16-13(11)18/h7-8,10H,4-6,9H2,1-3H3,(H2,14,15,16)/i6D2,7D,8D,9D2. The third kappa shape index (κ3) is 4.48. The summed E-state index contributed by atoms with van der Waals surface area (Å²) < 4.78 is 76.9.